The zero-order valence-electron chi connectivity index (χ0n) is 11.2. The molecule has 20 heavy (non-hydrogen) atoms. The zero-order valence-corrected chi connectivity index (χ0v) is 11.2. The van der Waals surface area contributed by atoms with Crippen LogP contribution in [-0.4, -0.2) is 14.5 Å². The fourth-order valence-electron chi connectivity index (χ4n) is 2.25. The van der Waals surface area contributed by atoms with Crippen LogP contribution in [0.1, 0.15) is 18.9 Å². The summed E-state index contributed by atoms with van der Waals surface area (Å²) in [5.74, 6) is 0. The molecule has 4 nitrogen and oxygen atoms in total. The van der Waals surface area contributed by atoms with Crippen LogP contribution in [0.25, 0.3) is 22.7 Å². The van der Waals surface area contributed by atoms with E-state index in [0.717, 1.165) is 22.9 Å². The first-order valence-electron chi connectivity index (χ1n) is 6.58. The van der Waals surface area contributed by atoms with Crippen molar-refractivity contribution >= 4 is 22.7 Å². The van der Waals surface area contributed by atoms with E-state index in [1.165, 1.54) is 5.57 Å². The largest absolute Gasteiger partial charge is 0.322 e. The van der Waals surface area contributed by atoms with E-state index >= 15 is 0 Å². The lowest BCUT2D eigenvalue weighted by molar-refractivity contribution is 1.12. The molecule has 1 aromatic carbocycles. The monoisotopic (exact) mass is 265 g/mol. The van der Waals surface area contributed by atoms with Crippen LogP contribution in [-0.2, 0) is 0 Å². The minimum Gasteiger partial charge on any atom is -0.322 e. The zero-order chi connectivity index (χ0) is 13.9. The Kier molecular flexibility index (Phi) is 3.21. The van der Waals surface area contributed by atoms with Crippen LogP contribution in [0, 0.1) is 0 Å². The number of H-pyrrole nitrogens is 1. The van der Waals surface area contributed by atoms with Gasteiger partial charge in [0.05, 0.1) is 6.33 Å². The molecule has 0 aliphatic rings. The maximum absolute atomic E-state index is 11.3. The molecule has 2 aromatic heterocycles. The highest BCUT2D eigenvalue weighted by molar-refractivity contribution is 5.85. The number of fused-ring (bicyclic) bond motifs is 1. The molecule has 0 atom stereocenters. The smallest absolute Gasteiger partial charge is 0.248 e. The molecule has 0 saturated heterocycles. The number of rotatable bonds is 3. The molecular weight excluding hydrogens is 250 g/mol. The molecule has 3 aromatic rings. The number of imidazole rings is 1. The van der Waals surface area contributed by atoms with Gasteiger partial charge in [-0.15, -0.1) is 0 Å². The molecule has 0 bridgehead atoms. The van der Waals surface area contributed by atoms with Crippen molar-refractivity contribution in [3.05, 3.63) is 65.0 Å². The van der Waals surface area contributed by atoms with Gasteiger partial charge < -0.3 is 9.55 Å². The van der Waals surface area contributed by atoms with E-state index in [9.17, 15) is 4.79 Å². The molecule has 0 amide bonds. The van der Waals surface area contributed by atoms with E-state index in [-0.39, 0.29) is 5.56 Å². The van der Waals surface area contributed by atoms with Crippen molar-refractivity contribution in [1.82, 2.24) is 14.5 Å². The number of aromatic nitrogens is 3. The lowest BCUT2D eigenvalue weighted by Gasteiger charge is -2.07. The van der Waals surface area contributed by atoms with Crippen LogP contribution >= 0.6 is 0 Å². The second-order valence-corrected chi connectivity index (χ2v) is 4.64. The van der Waals surface area contributed by atoms with E-state index in [4.69, 9.17) is 0 Å². The van der Waals surface area contributed by atoms with E-state index in [0.29, 0.717) is 0 Å². The molecular formula is C16H15N3O. The van der Waals surface area contributed by atoms with E-state index in [1.807, 2.05) is 29.0 Å². The Morgan fingerprint density at radius 2 is 2.25 bits per heavy atom. The van der Waals surface area contributed by atoms with Crippen LogP contribution in [0.15, 0.2) is 53.8 Å². The van der Waals surface area contributed by atoms with E-state index in [1.54, 1.807) is 18.6 Å². The average Bonchev–Trinajstić information content (AvgIpc) is 2.97. The van der Waals surface area contributed by atoms with Crippen molar-refractivity contribution in [1.29, 1.82) is 0 Å². The van der Waals surface area contributed by atoms with Gasteiger partial charge in [0, 0.05) is 30.2 Å². The summed E-state index contributed by atoms with van der Waals surface area (Å²) >= 11 is 0. The van der Waals surface area contributed by atoms with Gasteiger partial charge in [-0.05, 0) is 41.1 Å². The summed E-state index contributed by atoms with van der Waals surface area (Å²) < 4.78 is 1.94. The van der Waals surface area contributed by atoms with E-state index < -0.39 is 0 Å². The molecule has 0 aliphatic heterocycles. The molecule has 1 N–H and O–H groups in total. The topological polar surface area (TPSA) is 50.7 Å². The summed E-state index contributed by atoms with van der Waals surface area (Å²) in [4.78, 5) is 18.2. The number of nitrogens with one attached hydrogen (secondary N) is 1. The Bertz CT molecular complexity index is 813. The number of benzene rings is 1. The Balaban J connectivity index is 2.08. The third-order valence-electron chi connectivity index (χ3n) is 3.31. The maximum Gasteiger partial charge on any atom is 0.248 e. The summed E-state index contributed by atoms with van der Waals surface area (Å²) in [6.45, 7) is 2.12. The minimum absolute atomic E-state index is 0.0741. The lowest BCUT2D eigenvalue weighted by Crippen LogP contribution is -2.02. The number of nitrogens with zero attached hydrogens (tertiary/aromatic N) is 2. The first kappa shape index (κ1) is 12.4. The molecule has 100 valence electrons. The number of hydrogen-bond donors (Lipinski definition) is 1. The fraction of sp³-hybridized carbons (Fsp3) is 0.125. The predicted octanol–water partition coefficient (Wildman–Crippen LogP) is 3.13. The second-order valence-electron chi connectivity index (χ2n) is 4.64. The molecule has 0 saturated carbocycles. The molecule has 3 rings (SSSR count). The van der Waals surface area contributed by atoms with Gasteiger partial charge in [-0.2, -0.15) is 0 Å². The molecule has 0 fully saturated rings. The quantitative estimate of drug-likeness (QED) is 0.791. The maximum atomic E-state index is 11.3. The van der Waals surface area contributed by atoms with Gasteiger partial charge in [0.1, 0.15) is 0 Å². The molecule has 0 spiro atoms. The van der Waals surface area contributed by atoms with Crippen molar-refractivity contribution in [3.8, 4) is 0 Å². The Morgan fingerprint density at radius 3 is 3.00 bits per heavy atom. The van der Waals surface area contributed by atoms with Gasteiger partial charge in [0.15, 0.2) is 0 Å². The Morgan fingerprint density at radius 1 is 1.35 bits per heavy atom. The van der Waals surface area contributed by atoms with Crippen molar-refractivity contribution in [2.24, 2.45) is 0 Å². The summed E-state index contributed by atoms with van der Waals surface area (Å²) in [6, 6.07) is 9.48. The van der Waals surface area contributed by atoms with Crippen LogP contribution in [0.4, 0.5) is 0 Å². The number of allylic oxidation sites excluding steroid dienone is 1. The summed E-state index contributed by atoms with van der Waals surface area (Å²) in [6.07, 6.45) is 8.43. The predicted molar refractivity (Wildman–Crippen MR) is 81.3 cm³/mol. The Hall–Kier alpha value is -2.62. The van der Waals surface area contributed by atoms with Gasteiger partial charge in [0.25, 0.3) is 0 Å². The van der Waals surface area contributed by atoms with Crippen LogP contribution < -0.4 is 5.56 Å². The number of pyridine rings is 1. The van der Waals surface area contributed by atoms with Gasteiger partial charge in [-0.1, -0.05) is 13.0 Å². The van der Waals surface area contributed by atoms with Gasteiger partial charge in [-0.25, -0.2) is 4.98 Å². The summed E-state index contributed by atoms with van der Waals surface area (Å²) in [5, 5.41) is 1.03. The highest BCUT2D eigenvalue weighted by Gasteiger charge is 2.02. The van der Waals surface area contributed by atoms with Crippen molar-refractivity contribution < 1.29 is 0 Å². The van der Waals surface area contributed by atoms with Crippen LogP contribution in [0.3, 0.4) is 0 Å². The minimum atomic E-state index is -0.0741. The summed E-state index contributed by atoms with van der Waals surface area (Å²) in [5.41, 5.74) is 3.16. The third-order valence-corrected chi connectivity index (χ3v) is 3.31. The third kappa shape index (κ3) is 2.40. The van der Waals surface area contributed by atoms with Gasteiger partial charge in [0.2, 0.25) is 5.56 Å². The standard InChI is InChI=1S/C16H15N3O/c1-2-12(10-19-8-7-17-11-19)13-3-5-15-14(9-13)4-6-16(20)18-15/h3-11H,2H2,1H3,(H,18,20). The van der Waals surface area contributed by atoms with Gasteiger partial charge >= 0.3 is 0 Å². The normalized spacial score (nSPS) is 11.9. The highest BCUT2D eigenvalue weighted by Crippen LogP contribution is 2.22. The number of aromatic amines is 1. The molecule has 2 heterocycles. The molecule has 0 radical (unpaired) electrons. The van der Waals surface area contributed by atoms with Crippen molar-refractivity contribution in [2.45, 2.75) is 13.3 Å². The molecule has 0 aliphatic carbocycles. The average molecular weight is 265 g/mol. The van der Waals surface area contributed by atoms with Crippen LogP contribution in [0.5, 0.6) is 0 Å². The van der Waals surface area contributed by atoms with Crippen molar-refractivity contribution in [2.75, 3.05) is 0 Å². The number of hydrogen-bond acceptors (Lipinski definition) is 2. The molecule has 4 heteroatoms. The van der Waals surface area contributed by atoms with Crippen LogP contribution in [0.2, 0.25) is 0 Å². The highest BCUT2D eigenvalue weighted by atomic mass is 16.1. The molecule has 0 unspecified atom stereocenters. The second kappa shape index (κ2) is 5.17. The van der Waals surface area contributed by atoms with Crippen molar-refractivity contribution in [3.63, 3.8) is 0 Å². The van der Waals surface area contributed by atoms with E-state index in [2.05, 4.69) is 29.2 Å². The van der Waals surface area contributed by atoms with Gasteiger partial charge in [-0.3, -0.25) is 4.79 Å². The Labute approximate surface area is 116 Å². The lowest BCUT2D eigenvalue weighted by atomic mass is 10.0. The summed E-state index contributed by atoms with van der Waals surface area (Å²) in [7, 11) is 0. The fourth-order valence-corrected chi connectivity index (χ4v) is 2.25. The first-order chi connectivity index (χ1) is 9.76. The first-order valence-corrected chi connectivity index (χ1v) is 6.58. The SMILES string of the molecule is CCC(=Cn1ccnc1)c1ccc2[nH]c(=O)ccc2c1.